The lowest BCUT2D eigenvalue weighted by atomic mass is 9.95. The number of carbonyl (C=O) groups is 1. The first-order valence-electron chi connectivity index (χ1n) is 4.15. The predicted molar refractivity (Wildman–Crippen MR) is 45.0 cm³/mol. The van der Waals surface area contributed by atoms with Crippen molar-refractivity contribution in [3.8, 4) is 0 Å². The molecule has 0 aromatic rings. The summed E-state index contributed by atoms with van der Waals surface area (Å²) in [7, 11) is 1.70. The Morgan fingerprint density at radius 1 is 1.83 bits per heavy atom. The fourth-order valence-electron chi connectivity index (χ4n) is 1.43. The van der Waals surface area contributed by atoms with Gasteiger partial charge in [-0.3, -0.25) is 4.79 Å². The van der Waals surface area contributed by atoms with Gasteiger partial charge in [0, 0.05) is 7.11 Å². The maximum atomic E-state index is 10.3. The molecule has 1 unspecified atom stereocenters. The molecule has 0 amide bonds. The predicted octanol–water partition coefficient (Wildman–Crippen LogP) is 1.59. The van der Waals surface area contributed by atoms with Gasteiger partial charge in [0.25, 0.3) is 0 Å². The van der Waals surface area contributed by atoms with E-state index in [2.05, 4.69) is 0 Å². The van der Waals surface area contributed by atoms with Crippen LogP contribution in [0.15, 0.2) is 11.6 Å². The average Bonchev–Trinajstić information content (AvgIpc) is 2.05. The summed E-state index contributed by atoms with van der Waals surface area (Å²) in [5.74, 6) is -0.739. The first-order valence-corrected chi connectivity index (χ1v) is 4.15. The molecule has 1 aliphatic carbocycles. The van der Waals surface area contributed by atoms with Crippen molar-refractivity contribution in [3.05, 3.63) is 11.6 Å². The van der Waals surface area contributed by atoms with E-state index in [0.717, 1.165) is 24.8 Å². The second kappa shape index (κ2) is 4.26. The third-order valence-corrected chi connectivity index (χ3v) is 2.17. The maximum Gasteiger partial charge on any atom is 0.307 e. The minimum Gasteiger partial charge on any atom is -0.481 e. The van der Waals surface area contributed by atoms with Crippen LogP contribution in [0.2, 0.25) is 0 Å². The molecule has 0 saturated heterocycles. The molecule has 0 saturated carbocycles. The van der Waals surface area contributed by atoms with Gasteiger partial charge < -0.3 is 9.84 Å². The van der Waals surface area contributed by atoms with Gasteiger partial charge in [-0.1, -0.05) is 11.6 Å². The molecule has 0 fully saturated rings. The van der Waals surface area contributed by atoms with Crippen LogP contribution in [0.25, 0.3) is 0 Å². The number of carboxylic acid groups (broad SMARTS) is 1. The zero-order valence-electron chi connectivity index (χ0n) is 7.25. The number of carboxylic acids is 1. The fourth-order valence-corrected chi connectivity index (χ4v) is 1.43. The van der Waals surface area contributed by atoms with E-state index < -0.39 is 5.97 Å². The van der Waals surface area contributed by atoms with Gasteiger partial charge in [0.05, 0.1) is 12.5 Å². The molecule has 3 nitrogen and oxygen atoms in total. The summed E-state index contributed by atoms with van der Waals surface area (Å²) < 4.78 is 5.15. The summed E-state index contributed by atoms with van der Waals surface area (Å²) in [5.41, 5.74) is 1.04. The van der Waals surface area contributed by atoms with Crippen molar-refractivity contribution in [3.63, 3.8) is 0 Å². The first kappa shape index (κ1) is 9.26. The molecule has 0 aliphatic heterocycles. The highest BCUT2D eigenvalue weighted by atomic mass is 16.5. The molecule has 0 aromatic carbocycles. The van der Waals surface area contributed by atoms with Crippen molar-refractivity contribution in [1.82, 2.24) is 0 Å². The van der Waals surface area contributed by atoms with Crippen molar-refractivity contribution in [2.24, 2.45) is 0 Å². The van der Waals surface area contributed by atoms with Crippen molar-refractivity contribution >= 4 is 5.97 Å². The zero-order valence-corrected chi connectivity index (χ0v) is 7.25. The van der Waals surface area contributed by atoms with Crippen molar-refractivity contribution < 1.29 is 14.6 Å². The Hall–Kier alpha value is -0.830. The molecule has 1 aliphatic rings. The van der Waals surface area contributed by atoms with Crippen molar-refractivity contribution in [2.75, 3.05) is 7.11 Å². The Kier molecular flexibility index (Phi) is 3.29. The standard InChI is InChI=1S/C9H14O3/c1-12-8-4-2-7(3-5-8)6-9(10)11/h2,8H,3-6H2,1H3,(H,10,11). The van der Waals surface area contributed by atoms with Gasteiger partial charge in [-0.15, -0.1) is 0 Å². The summed E-state index contributed by atoms with van der Waals surface area (Å²) >= 11 is 0. The molecule has 0 spiro atoms. The quantitative estimate of drug-likeness (QED) is 0.654. The van der Waals surface area contributed by atoms with E-state index in [1.165, 1.54) is 0 Å². The lowest BCUT2D eigenvalue weighted by Gasteiger charge is -2.19. The molecule has 68 valence electrons. The van der Waals surface area contributed by atoms with Crippen molar-refractivity contribution in [2.45, 2.75) is 31.8 Å². The highest BCUT2D eigenvalue weighted by Crippen LogP contribution is 2.22. The molecule has 1 N–H and O–H groups in total. The topological polar surface area (TPSA) is 46.5 Å². The van der Waals surface area contributed by atoms with Crippen molar-refractivity contribution in [1.29, 1.82) is 0 Å². The molecule has 1 rings (SSSR count). The smallest absolute Gasteiger partial charge is 0.307 e. The van der Waals surface area contributed by atoms with Crippen LogP contribution in [0.4, 0.5) is 0 Å². The van der Waals surface area contributed by atoms with Crippen LogP contribution in [0.3, 0.4) is 0 Å². The van der Waals surface area contributed by atoms with Crippen LogP contribution in [0.1, 0.15) is 25.7 Å². The summed E-state index contributed by atoms with van der Waals surface area (Å²) in [6.07, 6.45) is 5.16. The maximum absolute atomic E-state index is 10.3. The van der Waals surface area contributed by atoms with Crippen LogP contribution >= 0.6 is 0 Å². The Morgan fingerprint density at radius 2 is 2.58 bits per heavy atom. The van der Waals surface area contributed by atoms with Crippen LogP contribution in [0.5, 0.6) is 0 Å². The van der Waals surface area contributed by atoms with E-state index in [1.807, 2.05) is 6.08 Å². The zero-order chi connectivity index (χ0) is 8.97. The highest BCUT2D eigenvalue weighted by Gasteiger charge is 2.14. The molecular formula is C9H14O3. The third kappa shape index (κ3) is 2.66. The fraction of sp³-hybridized carbons (Fsp3) is 0.667. The van der Waals surface area contributed by atoms with Gasteiger partial charge in [0.15, 0.2) is 0 Å². The lowest BCUT2D eigenvalue weighted by molar-refractivity contribution is -0.136. The molecular weight excluding hydrogens is 156 g/mol. The highest BCUT2D eigenvalue weighted by molar-refractivity contribution is 5.70. The Labute approximate surface area is 72.0 Å². The molecule has 0 aromatic heterocycles. The molecule has 12 heavy (non-hydrogen) atoms. The minimum absolute atomic E-state index is 0.191. The molecule has 0 bridgehead atoms. The van der Waals surface area contributed by atoms with Gasteiger partial charge in [-0.05, 0) is 19.3 Å². The average molecular weight is 170 g/mol. The lowest BCUT2D eigenvalue weighted by Crippen LogP contribution is -2.14. The minimum atomic E-state index is -0.739. The van der Waals surface area contributed by atoms with E-state index in [-0.39, 0.29) is 6.42 Å². The molecule has 0 radical (unpaired) electrons. The van der Waals surface area contributed by atoms with Crippen LogP contribution in [-0.2, 0) is 9.53 Å². The van der Waals surface area contributed by atoms with E-state index >= 15 is 0 Å². The normalized spacial score (nSPS) is 23.4. The van der Waals surface area contributed by atoms with Crippen LogP contribution in [-0.4, -0.2) is 24.3 Å². The molecule has 3 heteroatoms. The Bertz CT molecular complexity index is 196. The van der Waals surface area contributed by atoms with E-state index in [1.54, 1.807) is 7.11 Å². The Morgan fingerprint density at radius 3 is 3.00 bits per heavy atom. The number of aliphatic carboxylic acids is 1. The second-order valence-corrected chi connectivity index (χ2v) is 3.06. The van der Waals surface area contributed by atoms with Crippen LogP contribution < -0.4 is 0 Å². The second-order valence-electron chi connectivity index (χ2n) is 3.06. The largest absolute Gasteiger partial charge is 0.481 e. The van der Waals surface area contributed by atoms with Gasteiger partial charge in [0.2, 0.25) is 0 Å². The van der Waals surface area contributed by atoms with Crippen LogP contribution in [0, 0.1) is 0 Å². The van der Waals surface area contributed by atoms with Gasteiger partial charge in [0.1, 0.15) is 0 Å². The number of rotatable bonds is 3. The molecule has 0 heterocycles. The summed E-state index contributed by atoms with van der Waals surface area (Å²) in [4.78, 5) is 10.3. The van der Waals surface area contributed by atoms with E-state index in [9.17, 15) is 4.79 Å². The number of hydrogen-bond donors (Lipinski definition) is 1. The summed E-state index contributed by atoms with van der Waals surface area (Å²) in [6.45, 7) is 0. The molecule has 1 atom stereocenters. The van der Waals surface area contributed by atoms with Gasteiger partial charge in [-0.25, -0.2) is 0 Å². The van der Waals surface area contributed by atoms with E-state index in [4.69, 9.17) is 9.84 Å². The number of hydrogen-bond acceptors (Lipinski definition) is 2. The monoisotopic (exact) mass is 170 g/mol. The Balaban J connectivity index is 2.39. The number of methoxy groups -OCH3 is 1. The first-order chi connectivity index (χ1) is 5.72. The van der Waals surface area contributed by atoms with E-state index in [0.29, 0.717) is 6.10 Å². The van der Waals surface area contributed by atoms with Gasteiger partial charge in [-0.2, -0.15) is 0 Å². The summed E-state index contributed by atoms with van der Waals surface area (Å²) in [6, 6.07) is 0. The third-order valence-electron chi connectivity index (χ3n) is 2.17. The summed E-state index contributed by atoms with van der Waals surface area (Å²) in [5, 5.41) is 8.52. The SMILES string of the molecule is COC1CC=C(CC(=O)O)CC1. The number of ether oxygens (including phenoxy) is 1. The van der Waals surface area contributed by atoms with Gasteiger partial charge >= 0.3 is 5.97 Å².